The van der Waals surface area contributed by atoms with Gasteiger partial charge in [0.05, 0.1) is 19.3 Å². The number of morpholine rings is 1. The molecule has 1 aliphatic rings. The van der Waals surface area contributed by atoms with Gasteiger partial charge in [-0.3, -0.25) is 9.78 Å². The van der Waals surface area contributed by atoms with E-state index in [9.17, 15) is 9.59 Å². The molecule has 1 aliphatic heterocycles. The molecule has 234 valence electrons. The van der Waals surface area contributed by atoms with Gasteiger partial charge < -0.3 is 25.4 Å². The lowest BCUT2D eigenvalue weighted by atomic mass is 9.85. The third kappa shape index (κ3) is 9.31. The molecule has 4 aromatic rings. The van der Waals surface area contributed by atoms with E-state index in [1.165, 1.54) is 7.11 Å². The van der Waals surface area contributed by atoms with E-state index < -0.39 is 18.1 Å². The average molecular weight is 645 g/mol. The number of carbonyl (C=O) groups is 2. The first kappa shape index (κ1) is 32.5. The fourth-order valence-electron chi connectivity index (χ4n) is 5.43. The number of benzene rings is 3. The number of nitrogens with zero attached hydrogens (tertiary/aromatic N) is 1. The Hall–Kier alpha value is -3.89. The normalized spacial score (nSPS) is 17.6. The molecule has 0 radical (unpaired) electrons. The summed E-state index contributed by atoms with van der Waals surface area (Å²) in [5.74, 6) is -0.0257. The van der Waals surface area contributed by atoms with Crippen LogP contribution in [0.2, 0.25) is 5.02 Å². The van der Waals surface area contributed by atoms with Crippen molar-refractivity contribution in [2.24, 2.45) is 0 Å². The first-order chi connectivity index (χ1) is 22.0. The molecule has 1 saturated heterocycles. The fourth-order valence-corrected chi connectivity index (χ4v) is 6.46. The number of rotatable bonds is 12. The molecule has 2 amide bonds. The van der Waals surface area contributed by atoms with E-state index in [0.717, 1.165) is 51.9 Å². The van der Waals surface area contributed by atoms with Crippen LogP contribution in [0.1, 0.15) is 29.0 Å². The van der Waals surface area contributed by atoms with Crippen LogP contribution in [0, 0.1) is 0 Å². The van der Waals surface area contributed by atoms with Gasteiger partial charge in [-0.15, -0.1) is 11.8 Å². The molecule has 5 rings (SSSR count). The minimum absolute atomic E-state index is 0.0418. The minimum atomic E-state index is -0.970. The van der Waals surface area contributed by atoms with Gasteiger partial charge in [-0.2, -0.15) is 0 Å². The molecule has 1 unspecified atom stereocenters. The van der Waals surface area contributed by atoms with Crippen LogP contribution in [-0.2, 0) is 20.7 Å². The molecule has 1 aromatic heterocycles. The van der Waals surface area contributed by atoms with E-state index in [1.807, 2.05) is 91.0 Å². The molecule has 3 aromatic carbocycles. The van der Waals surface area contributed by atoms with Gasteiger partial charge in [0.1, 0.15) is 6.04 Å². The maximum absolute atomic E-state index is 14.0. The zero-order valence-electron chi connectivity index (χ0n) is 25.0. The standard InChI is InChI=1S/C35H37ClN4O4S/c1-43-35(42)40-33(32(25-9-3-2-4-10-25)26-11-7-19-37-20-26)34(41)39-31-12-6-5-8-24(31)13-16-28-21-38-22-29(44-28)23-45-30-17-14-27(36)15-18-30/h2-12,14-15,17-20,28-29,32-33,38H,13,16,21-23H2,1H3,(H,39,41)(H,40,42)/t28-,29+,32?,33+/m1/s1. The molecule has 0 spiro atoms. The Balaban J connectivity index is 1.27. The van der Waals surface area contributed by atoms with Crippen LogP contribution >= 0.6 is 23.4 Å². The molecule has 3 N–H and O–H groups in total. The van der Waals surface area contributed by atoms with Gasteiger partial charge in [0.15, 0.2) is 0 Å². The Labute approximate surface area is 273 Å². The number of para-hydroxylation sites is 1. The number of halogens is 1. The summed E-state index contributed by atoms with van der Waals surface area (Å²) >= 11 is 7.77. The van der Waals surface area contributed by atoms with Crippen molar-refractivity contribution in [3.8, 4) is 0 Å². The molecule has 8 nitrogen and oxygen atoms in total. The Morgan fingerprint density at radius 1 is 0.978 bits per heavy atom. The number of methoxy groups -OCH3 is 1. The molecule has 45 heavy (non-hydrogen) atoms. The van der Waals surface area contributed by atoms with Crippen LogP contribution < -0.4 is 16.0 Å². The number of ether oxygens (including phenoxy) is 2. The van der Waals surface area contributed by atoms with E-state index in [-0.39, 0.29) is 18.1 Å². The van der Waals surface area contributed by atoms with E-state index in [0.29, 0.717) is 12.1 Å². The van der Waals surface area contributed by atoms with Crippen molar-refractivity contribution in [3.63, 3.8) is 0 Å². The molecular formula is C35H37ClN4O4S. The van der Waals surface area contributed by atoms with Crippen LogP contribution in [0.4, 0.5) is 10.5 Å². The lowest BCUT2D eigenvalue weighted by Gasteiger charge is -2.31. The number of hydrogen-bond donors (Lipinski definition) is 3. The maximum atomic E-state index is 14.0. The number of hydrogen-bond acceptors (Lipinski definition) is 7. The second-order valence-corrected chi connectivity index (χ2v) is 12.3. The molecule has 0 bridgehead atoms. The minimum Gasteiger partial charge on any atom is -0.453 e. The lowest BCUT2D eigenvalue weighted by molar-refractivity contribution is -0.118. The zero-order valence-corrected chi connectivity index (χ0v) is 26.6. The monoisotopic (exact) mass is 644 g/mol. The Kier molecular flexibility index (Phi) is 11.9. The van der Waals surface area contributed by atoms with Crippen molar-refractivity contribution in [3.05, 3.63) is 125 Å². The summed E-state index contributed by atoms with van der Waals surface area (Å²) in [4.78, 5) is 32.0. The Morgan fingerprint density at radius 2 is 1.71 bits per heavy atom. The van der Waals surface area contributed by atoms with Crippen molar-refractivity contribution in [2.45, 2.75) is 41.9 Å². The number of nitrogens with one attached hydrogen (secondary N) is 3. The van der Waals surface area contributed by atoms with Gasteiger partial charge in [-0.25, -0.2) is 4.79 Å². The van der Waals surface area contributed by atoms with E-state index >= 15 is 0 Å². The summed E-state index contributed by atoms with van der Waals surface area (Å²) in [5.41, 5.74) is 3.33. The van der Waals surface area contributed by atoms with E-state index in [4.69, 9.17) is 21.1 Å². The molecule has 0 saturated carbocycles. The Morgan fingerprint density at radius 3 is 2.47 bits per heavy atom. The third-order valence-corrected chi connectivity index (χ3v) is 9.06. The van der Waals surface area contributed by atoms with Crippen molar-refractivity contribution in [2.75, 3.05) is 31.3 Å². The summed E-state index contributed by atoms with van der Waals surface area (Å²) in [5, 5.41) is 10.1. The number of pyridine rings is 1. The molecular weight excluding hydrogens is 608 g/mol. The predicted molar refractivity (Wildman–Crippen MR) is 179 cm³/mol. The first-order valence-electron chi connectivity index (χ1n) is 14.9. The van der Waals surface area contributed by atoms with Crippen LogP contribution in [0.25, 0.3) is 0 Å². The fraction of sp³-hybridized carbons (Fsp3) is 0.286. The van der Waals surface area contributed by atoms with Gasteiger partial charge in [0, 0.05) is 52.8 Å². The van der Waals surface area contributed by atoms with Gasteiger partial charge >= 0.3 is 6.09 Å². The number of thioether (sulfide) groups is 1. The number of anilines is 1. The van der Waals surface area contributed by atoms with E-state index in [2.05, 4.69) is 20.9 Å². The van der Waals surface area contributed by atoms with Gasteiger partial charge in [-0.1, -0.05) is 66.2 Å². The second kappa shape index (κ2) is 16.4. The predicted octanol–water partition coefficient (Wildman–Crippen LogP) is 6.31. The lowest BCUT2D eigenvalue weighted by Crippen LogP contribution is -2.48. The summed E-state index contributed by atoms with van der Waals surface area (Å²) in [6, 6.07) is 27.9. The van der Waals surface area contributed by atoms with Crippen molar-refractivity contribution in [1.29, 1.82) is 0 Å². The number of carbonyl (C=O) groups excluding carboxylic acids is 2. The smallest absolute Gasteiger partial charge is 0.407 e. The summed E-state index contributed by atoms with van der Waals surface area (Å²) in [6.07, 6.45) is 4.32. The topological polar surface area (TPSA) is 102 Å². The molecule has 0 aliphatic carbocycles. The van der Waals surface area contributed by atoms with Gasteiger partial charge in [0.2, 0.25) is 5.91 Å². The largest absolute Gasteiger partial charge is 0.453 e. The zero-order chi connectivity index (χ0) is 31.4. The quantitative estimate of drug-likeness (QED) is 0.155. The summed E-state index contributed by atoms with van der Waals surface area (Å²) in [7, 11) is 1.28. The summed E-state index contributed by atoms with van der Waals surface area (Å²) < 4.78 is 11.4. The van der Waals surface area contributed by atoms with Crippen molar-refractivity contribution < 1.29 is 19.1 Å². The van der Waals surface area contributed by atoms with Crippen LogP contribution in [0.15, 0.2) is 108 Å². The Bertz CT molecular complexity index is 1490. The van der Waals surface area contributed by atoms with E-state index in [1.54, 1.807) is 24.2 Å². The highest BCUT2D eigenvalue weighted by Gasteiger charge is 2.33. The first-order valence-corrected chi connectivity index (χ1v) is 16.3. The van der Waals surface area contributed by atoms with Crippen LogP contribution in [-0.4, -0.2) is 61.2 Å². The van der Waals surface area contributed by atoms with Crippen molar-refractivity contribution >= 4 is 41.1 Å². The highest BCUT2D eigenvalue weighted by atomic mass is 35.5. The molecule has 1 fully saturated rings. The summed E-state index contributed by atoms with van der Waals surface area (Å²) in [6.45, 7) is 1.57. The average Bonchev–Trinajstić information content (AvgIpc) is 3.08. The second-order valence-electron chi connectivity index (χ2n) is 10.8. The molecule has 2 heterocycles. The number of alkyl carbamates (subject to hydrolysis) is 1. The highest BCUT2D eigenvalue weighted by Crippen LogP contribution is 2.30. The number of aromatic nitrogens is 1. The van der Waals surface area contributed by atoms with Gasteiger partial charge in [-0.05, 0) is 65.9 Å². The number of aryl methyl sites for hydroxylation is 1. The molecule has 10 heteroatoms. The third-order valence-electron chi connectivity index (χ3n) is 7.67. The van der Waals surface area contributed by atoms with Crippen LogP contribution in [0.5, 0.6) is 0 Å². The van der Waals surface area contributed by atoms with Crippen molar-refractivity contribution in [1.82, 2.24) is 15.6 Å². The number of amides is 2. The van der Waals surface area contributed by atoms with Crippen LogP contribution in [0.3, 0.4) is 0 Å². The maximum Gasteiger partial charge on any atom is 0.407 e. The molecule has 4 atom stereocenters. The highest BCUT2D eigenvalue weighted by molar-refractivity contribution is 7.99. The van der Waals surface area contributed by atoms with Gasteiger partial charge in [0.25, 0.3) is 0 Å². The SMILES string of the molecule is COC(=O)N[C@H](C(=O)Nc1ccccc1CC[C@@H]1CNC[C@@H](CSc2ccc(Cl)cc2)O1)C(c1ccccc1)c1cccnc1.